The molecule has 0 aromatic carbocycles. The lowest BCUT2D eigenvalue weighted by Crippen LogP contribution is -2.09. The third-order valence-corrected chi connectivity index (χ3v) is 2.75. The molecule has 0 saturated carbocycles. The van der Waals surface area contributed by atoms with Crippen molar-refractivity contribution in [3.05, 3.63) is 35.8 Å². The summed E-state index contributed by atoms with van der Waals surface area (Å²) in [5.74, 6) is 0.0367. The monoisotopic (exact) mass is 258 g/mol. The molecule has 0 unspecified atom stereocenters. The number of carbonyl (C=O) groups is 1. The highest BCUT2D eigenvalue weighted by Crippen LogP contribution is 2.21. The van der Waals surface area contributed by atoms with E-state index < -0.39 is 5.97 Å². The van der Waals surface area contributed by atoms with Gasteiger partial charge < -0.3 is 10.5 Å². The lowest BCUT2D eigenvalue weighted by atomic mass is 10.1. The molecule has 0 saturated heterocycles. The maximum Gasteiger partial charge on any atom is 0.343 e. The minimum atomic E-state index is -0.547. The molecule has 0 fully saturated rings. The molecule has 2 rings (SSSR count). The Morgan fingerprint density at radius 1 is 1.42 bits per heavy atom. The highest BCUT2D eigenvalue weighted by molar-refractivity contribution is 5.93. The van der Waals surface area contributed by atoms with Gasteiger partial charge in [0.1, 0.15) is 11.4 Å². The maximum atomic E-state index is 11.4. The van der Waals surface area contributed by atoms with Crippen molar-refractivity contribution in [3.8, 4) is 11.4 Å². The predicted octanol–water partition coefficient (Wildman–Crippen LogP) is 1.47. The van der Waals surface area contributed by atoms with E-state index in [2.05, 4.69) is 19.7 Å². The van der Waals surface area contributed by atoms with Gasteiger partial charge in [-0.15, -0.1) is 0 Å². The molecule has 6 heteroatoms. The van der Waals surface area contributed by atoms with E-state index in [1.54, 1.807) is 12.4 Å². The van der Waals surface area contributed by atoms with Crippen molar-refractivity contribution in [1.82, 2.24) is 15.0 Å². The molecule has 0 bridgehead atoms. The molecule has 0 amide bonds. The third-order valence-electron chi connectivity index (χ3n) is 2.75. The van der Waals surface area contributed by atoms with E-state index in [-0.39, 0.29) is 11.4 Å². The number of nitrogens with two attached hydrogens (primary N) is 1. The number of carbonyl (C=O) groups excluding carboxylic acids is 1. The molecular formula is C13H14N4O2. The molecule has 0 radical (unpaired) electrons. The van der Waals surface area contributed by atoms with Gasteiger partial charge in [0.05, 0.1) is 7.11 Å². The molecule has 2 aromatic heterocycles. The quantitative estimate of drug-likeness (QED) is 0.838. The number of nitrogens with zero attached hydrogens (tertiary/aromatic N) is 3. The van der Waals surface area contributed by atoms with Crippen molar-refractivity contribution in [1.29, 1.82) is 0 Å². The first-order valence-corrected chi connectivity index (χ1v) is 5.81. The SMILES string of the molecule is CCc1cnccc1-c1ncc(C(=O)OC)c(N)n1. The Morgan fingerprint density at radius 3 is 2.84 bits per heavy atom. The van der Waals surface area contributed by atoms with E-state index >= 15 is 0 Å². The molecule has 2 heterocycles. The highest BCUT2D eigenvalue weighted by atomic mass is 16.5. The van der Waals surface area contributed by atoms with Crippen LogP contribution in [0.4, 0.5) is 5.82 Å². The zero-order chi connectivity index (χ0) is 13.8. The largest absolute Gasteiger partial charge is 0.465 e. The number of ether oxygens (including phenoxy) is 1. The van der Waals surface area contributed by atoms with Gasteiger partial charge >= 0.3 is 5.97 Å². The molecular weight excluding hydrogens is 244 g/mol. The van der Waals surface area contributed by atoms with Gasteiger partial charge in [-0.25, -0.2) is 14.8 Å². The fourth-order valence-corrected chi connectivity index (χ4v) is 1.72. The van der Waals surface area contributed by atoms with E-state index in [0.717, 1.165) is 17.5 Å². The van der Waals surface area contributed by atoms with Crippen LogP contribution in [0, 0.1) is 0 Å². The van der Waals surface area contributed by atoms with Crippen LogP contribution in [0.2, 0.25) is 0 Å². The third kappa shape index (κ3) is 2.52. The van der Waals surface area contributed by atoms with E-state index in [1.807, 2.05) is 13.0 Å². The normalized spacial score (nSPS) is 10.2. The van der Waals surface area contributed by atoms with E-state index in [9.17, 15) is 4.79 Å². The molecule has 0 aliphatic heterocycles. The van der Waals surface area contributed by atoms with Gasteiger partial charge in [-0.05, 0) is 18.1 Å². The molecule has 19 heavy (non-hydrogen) atoms. The second-order valence-electron chi connectivity index (χ2n) is 3.87. The smallest absolute Gasteiger partial charge is 0.343 e. The van der Waals surface area contributed by atoms with E-state index in [1.165, 1.54) is 13.3 Å². The summed E-state index contributed by atoms with van der Waals surface area (Å²) >= 11 is 0. The van der Waals surface area contributed by atoms with Crippen LogP contribution in [-0.2, 0) is 11.2 Å². The van der Waals surface area contributed by atoms with Crippen molar-refractivity contribution in [2.45, 2.75) is 13.3 Å². The number of nitrogen functional groups attached to an aromatic ring is 1. The second kappa shape index (κ2) is 5.43. The van der Waals surface area contributed by atoms with Gasteiger partial charge in [0, 0.05) is 24.2 Å². The van der Waals surface area contributed by atoms with Crippen molar-refractivity contribution in [2.24, 2.45) is 0 Å². The van der Waals surface area contributed by atoms with E-state index in [4.69, 9.17) is 5.73 Å². The van der Waals surface area contributed by atoms with Gasteiger partial charge in [-0.2, -0.15) is 0 Å². The average Bonchev–Trinajstić information content (AvgIpc) is 2.46. The number of hydrogen-bond acceptors (Lipinski definition) is 6. The standard InChI is InChI=1S/C13H14N4O2/c1-3-8-6-15-5-4-9(8)12-16-7-10(11(14)17-12)13(18)19-2/h4-7H,3H2,1-2H3,(H2,14,16,17). The predicted molar refractivity (Wildman–Crippen MR) is 70.4 cm³/mol. The molecule has 0 spiro atoms. The summed E-state index contributed by atoms with van der Waals surface area (Å²) in [7, 11) is 1.29. The fraction of sp³-hybridized carbons (Fsp3) is 0.231. The van der Waals surface area contributed by atoms with Crippen molar-refractivity contribution < 1.29 is 9.53 Å². The van der Waals surface area contributed by atoms with Crippen LogP contribution in [0.5, 0.6) is 0 Å². The Hall–Kier alpha value is -2.50. The molecule has 6 nitrogen and oxygen atoms in total. The maximum absolute atomic E-state index is 11.4. The Morgan fingerprint density at radius 2 is 2.21 bits per heavy atom. The summed E-state index contributed by atoms with van der Waals surface area (Å²) in [4.78, 5) is 23.8. The van der Waals surface area contributed by atoms with Crippen LogP contribution in [0.25, 0.3) is 11.4 Å². The highest BCUT2D eigenvalue weighted by Gasteiger charge is 2.14. The first-order chi connectivity index (χ1) is 9.17. The summed E-state index contributed by atoms with van der Waals surface area (Å²) in [5, 5.41) is 0. The Balaban J connectivity index is 2.47. The van der Waals surface area contributed by atoms with Crippen LogP contribution in [0.1, 0.15) is 22.8 Å². The van der Waals surface area contributed by atoms with Crippen LogP contribution in [0.3, 0.4) is 0 Å². The lowest BCUT2D eigenvalue weighted by molar-refractivity contribution is 0.0601. The molecule has 0 aliphatic carbocycles. The molecule has 98 valence electrons. The minimum Gasteiger partial charge on any atom is -0.465 e. The number of rotatable bonds is 3. The topological polar surface area (TPSA) is 91.0 Å². The number of pyridine rings is 1. The fourth-order valence-electron chi connectivity index (χ4n) is 1.72. The van der Waals surface area contributed by atoms with Gasteiger partial charge in [-0.1, -0.05) is 6.92 Å². The molecule has 0 atom stereocenters. The molecule has 0 aliphatic rings. The summed E-state index contributed by atoms with van der Waals surface area (Å²) in [6.45, 7) is 2.02. The van der Waals surface area contributed by atoms with Crippen molar-refractivity contribution in [3.63, 3.8) is 0 Å². The lowest BCUT2D eigenvalue weighted by Gasteiger charge is -2.08. The van der Waals surface area contributed by atoms with Gasteiger partial charge in [0.2, 0.25) is 0 Å². The summed E-state index contributed by atoms with van der Waals surface area (Å²) in [6, 6.07) is 1.82. The van der Waals surface area contributed by atoms with Crippen LogP contribution >= 0.6 is 0 Å². The first-order valence-electron chi connectivity index (χ1n) is 5.81. The zero-order valence-electron chi connectivity index (χ0n) is 10.8. The van der Waals surface area contributed by atoms with Crippen LogP contribution < -0.4 is 5.73 Å². The van der Waals surface area contributed by atoms with Crippen LogP contribution in [0.15, 0.2) is 24.7 Å². The zero-order valence-corrected chi connectivity index (χ0v) is 10.8. The number of hydrogen-bond donors (Lipinski definition) is 1. The second-order valence-corrected chi connectivity index (χ2v) is 3.87. The number of anilines is 1. The van der Waals surface area contributed by atoms with Gasteiger partial charge in [0.25, 0.3) is 0 Å². The summed E-state index contributed by atoms with van der Waals surface area (Å²) in [5.41, 5.74) is 7.81. The van der Waals surface area contributed by atoms with E-state index in [0.29, 0.717) is 5.82 Å². The van der Waals surface area contributed by atoms with Crippen LogP contribution in [-0.4, -0.2) is 28.0 Å². The van der Waals surface area contributed by atoms with Gasteiger partial charge in [0.15, 0.2) is 5.82 Å². The molecule has 2 aromatic rings. The average molecular weight is 258 g/mol. The molecule has 2 N–H and O–H groups in total. The minimum absolute atomic E-state index is 0.107. The van der Waals surface area contributed by atoms with Crippen molar-refractivity contribution in [2.75, 3.05) is 12.8 Å². The Kier molecular flexibility index (Phi) is 3.70. The van der Waals surface area contributed by atoms with Crippen molar-refractivity contribution >= 4 is 11.8 Å². The van der Waals surface area contributed by atoms with Gasteiger partial charge in [-0.3, -0.25) is 4.98 Å². The Labute approximate surface area is 110 Å². The Bertz CT molecular complexity index is 613. The number of methoxy groups -OCH3 is 1. The first kappa shape index (κ1) is 12.9. The summed E-state index contributed by atoms with van der Waals surface area (Å²) in [6.07, 6.45) is 5.62. The number of esters is 1. The summed E-state index contributed by atoms with van der Waals surface area (Å²) < 4.78 is 4.60. The number of aryl methyl sites for hydroxylation is 1. The number of aromatic nitrogens is 3.